The molecule has 0 aliphatic carbocycles. The van der Waals surface area contributed by atoms with E-state index >= 15 is 0 Å². The molecule has 0 radical (unpaired) electrons. The standard InChI is InChI=1S/C11H17NO2Si/c1-9(15(2,3)4)10-5-7-11(8-6-10)12(13)14/h5-9H,1-4H3. The smallest absolute Gasteiger partial charge is 0.258 e. The molecule has 0 heterocycles. The van der Waals surface area contributed by atoms with Crippen LogP contribution in [0.25, 0.3) is 0 Å². The Morgan fingerprint density at radius 3 is 2.00 bits per heavy atom. The van der Waals surface area contributed by atoms with Crippen molar-refractivity contribution >= 4 is 13.8 Å². The summed E-state index contributed by atoms with van der Waals surface area (Å²) in [7, 11) is -1.22. The van der Waals surface area contributed by atoms with Crippen molar-refractivity contribution in [1.29, 1.82) is 0 Å². The van der Waals surface area contributed by atoms with E-state index < -0.39 is 8.07 Å². The maximum absolute atomic E-state index is 10.5. The van der Waals surface area contributed by atoms with E-state index in [1.54, 1.807) is 12.1 Å². The summed E-state index contributed by atoms with van der Waals surface area (Å²) in [6.07, 6.45) is 0. The van der Waals surface area contributed by atoms with Crippen LogP contribution in [0.15, 0.2) is 24.3 Å². The second-order valence-corrected chi connectivity index (χ2v) is 10.5. The molecule has 0 aliphatic heterocycles. The quantitative estimate of drug-likeness (QED) is 0.446. The highest BCUT2D eigenvalue weighted by molar-refractivity contribution is 6.77. The molecule has 82 valence electrons. The van der Waals surface area contributed by atoms with Gasteiger partial charge in [-0.3, -0.25) is 10.1 Å². The number of nitro groups is 1. The van der Waals surface area contributed by atoms with Gasteiger partial charge < -0.3 is 0 Å². The zero-order valence-electron chi connectivity index (χ0n) is 9.65. The first kappa shape index (κ1) is 11.9. The Morgan fingerprint density at radius 1 is 1.20 bits per heavy atom. The molecule has 0 N–H and O–H groups in total. The van der Waals surface area contributed by atoms with Gasteiger partial charge in [-0.15, -0.1) is 0 Å². The van der Waals surface area contributed by atoms with E-state index in [9.17, 15) is 10.1 Å². The molecule has 1 atom stereocenters. The predicted octanol–water partition coefficient (Wildman–Crippen LogP) is 3.58. The normalized spacial score (nSPS) is 13.6. The highest BCUT2D eigenvalue weighted by Crippen LogP contribution is 2.27. The third-order valence-electron chi connectivity index (χ3n) is 2.90. The molecule has 15 heavy (non-hydrogen) atoms. The molecule has 0 spiro atoms. The summed E-state index contributed by atoms with van der Waals surface area (Å²) in [5.41, 5.74) is 1.90. The molecule has 1 aromatic carbocycles. The molecular weight excluding hydrogens is 206 g/mol. The van der Waals surface area contributed by atoms with Crippen LogP contribution < -0.4 is 0 Å². The summed E-state index contributed by atoms with van der Waals surface area (Å²) in [5.74, 6) is 0. The van der Waals surface area contributed by atoms with Gasteiger partial charge in [0.25, 0.3) is 5.69 Å². The molecule has 0 aromatic heterocycles. The average Bonchev–Trinajstić information content (AvgIpc) is 2.15. The Labute approximate surface area is 91.3 Å². The lowest BCUT2D eigenvalue weighted by Crippen LogP contribution is -2.28. The van der Waals surface area contributed by atoms with Crippen LogP contribution in [0.5, 0.6) is 0 Å². The molecule has 0 aliphatic rings. The van der Waals surface area contributed by atoms with Crippen molar-refractivity contribution in [3.63, 3.8) is 0 Å². The van der Waals surface area contributed by atoms with Gasteiger partial charge in [0.15, 0.2) is 0 Å². The molecule has 3 nitrogen and oxygen atoms in total. The van der Waals surface area contributed by atoms with Gasteiger partial charge >= 0.3 is 0 Å². The second kappa shape index (κ2) is 4.14. The predicted molar refractivity (Wildman–Crippen MR) is 64.9 cm³/mol. The first-order valence-corrected chi connectivity index (χ1v) is 8.64. The molecule has 0 saturated carbocycles. The third-order valence-corrected chi connectivity index (χ3v) is 5.83. The van der Waals surface area contributed by atoms with Gasteiger partial charge in [0.05, 0.1) is 13.0 Å². The van der Waals surface area contributed by atoms with Crippen molar-refractivity contribution in [3.05, 3.63) is 39.9 Å². The summed E-state index contributed by atoms with van der Waals surface area (Å²) >= 11 is 0. The number of rotatable bonds is 3. The first-order valence-electron chi connectivity index (χ1n) is 5.06. The molecular formula is C11H17NO2Si. The van der Waals surface area contributed by atoms with Crippen LogP contribution in [0, 0.1) is 10.1 Å². The minimum atomic E-state index is -1.22. The summed E-state index contributed by atoms with van der Waals surface area (Å²) < 4.78 is 0. The van der Waals surface area contributed by atoms with Crippen LogP contribution in [0.4, 0.5) is 5.69 Å². The minimum absolute atomic E-state index is 0.168. The molecule has 1 aromatic rings. The number of hydrogen-bond donors (Lipinski definition) is 0. The lowest BCUT2D eigenvalue weighted by molar-refractivity contribution is -0.384. The molecule has 0 bridgehead atoms. The summed E-state index contributed by atoms with van der Waals surface area (Å²) in [5, 5.41) is 10.5. The Bertz CT molecular complexity index is 354. The van der Waals surface area contributed by atoms with Crippen molar-refractivity contribution in [2.24, 2.45) is 0 Å². The number of non-ortho nitro benzene ring substituents is 1. The van der Waals surface area contributed by atoms with Crippen LogP contribution in [-0.4, -0.2) is 13.0 Å². The maximum atomic E-state index is 10.5. The van der Waals surface area contributed by atoms with Crippen molar-refractivity contribution < 1.29 is 4.92 Å². The van der Waals surface area contributed by atoms with Crippen LogP contribution in [0.3, 0.4) is 0 Å². The average molecular weight is 223 g/mol. The highest BCUT2D eigenvalue weighted by atomic mass is 28.3. The minimum Gasteiger partial charge on any atom is -0.258 e. The van der Waals surface area contributed by atoms with Gasteiger partial charge in [0.1, 0.15) is 0 Å². The SMILES string of the molecule is CC(c1ccc([N+](=O)[O-])cc1)[Si](C)(C)C. The molecule has 0 fully saturated rings. The lowest BCUT2D eigenvalue weighted by Gasteiger charge is -2.25. The van der Waals surface area contributed by atoms with Gasteiger partial charge in [-0.05, 0) is 11.1 Å². The first-order chi connectivity index (χ1) is 6.82. The number of benzene rings is 1. The Hall–Kier alpha value is -1.16. The number of nitro benzene ring substituents is 1. The summed E-state index contributed by atoms with van der Waals surface area (Å²) in [6.45, 7) is 9.12. The fourth-order valence-electron chi connectivity index (χ4n) is 1.38. The van der Waals surface area contributed by atoms with E-state index in [0.29, 0.717) is 5.54 Å². The van der Waals surface area contributed by atoms with Crippen molar-refractivity contribution in [2.75, 3.05) is 0 Å². The lowest BCUT2D eigenvalue weighted by atomic mass is 10.1. The van der Waals surface area contributed by atoms with Crippen molar-refractivity contribution in [1.82, 2.24) is 0 Å². The van der Waals surface area contributed by atoms with E-state index in [4.69, 9.17) is 0 Å². The second-order valence-electron chi connectivity index (χ2n) is 4.94. The van der Waals surface area contributed by atoms with E-state index in [-0.39, 0.29) is 10.6 Å². The van der Waals surface area contributed by atoms with Gasteiger partial charge in [0.2, 0.25) is 0 Å². The number of hydrogen-bond acceptors (Lipinski definition) is 2. The molecule has 1 rings (SSSR count). The summed E-state index contributed by atoms with van der Waals surface area (Å²) in [4.78, 5) is 10.1. The molecule has 4 heteroatoms. The van der Waals surface area contributed by atoms with Crippen LogP contribution in [0.1, 0.15) is 18.0 Å². The summed E-state index contributed by atoms with van der Waals surface area (Å²) in [6, 6.07) is 6.93. The van der Waals surface area contributed by atoms with E-state index in [0.717, 1.165) is 0 Å². The van der Waals surface area contributed by atoms with Gasteiger partial charge in [0, 0.05) is 12.1 Å². The van der Waals surface area contributed by atoms with Gasteiger partial charge in [-0.1, -0.05) is 38.7 Å². The monoisotopic (exact) mass is 223 g/mol. The van der Waals surface area contributed by atoms with Gasteiger partial charge in [-0.25, -0.2) is 0 Å². The maximum Gasteiger partial charge on any atom is 0.269 e. The largest absolute Gasteiger partial charge is 0.269 e. The Kier molecular flexibility index (Phi) is 3.29. The van der Waals surface area contributed by atoms with E-state index in [1.165, 1.54) is 5.56 Å². The third kappa shape index (κ3) is 2.89. The van der Waals surface area contributed by atoms with Crippen LogP contribution in [-0.2, 0) is 0 Å². The van der Waals surface area contributed by atoms with Crippen LogP contribution in [0.2, 0.25) is 19.6 Å². The van der Waals surface area contributed by atoms with E-state index in [2.05, 4.69) is 26.6 Å². The van der Waals surface area contributed by atoms with E-state index in [1.807, 2.05) is 12.1 Å². The van der Waals surface area contributed by atoms with Crippen molar-refractivity contribution in [3.8, 4) is 0 Å². The Morgan fingerprint density at radius 2 is 1.67 bits per heavy atom. The highest BCUT2D eigenvalue weighted by Gasteiger charge is 2.23. The zero-order valence-corrected chi connectivity index (χ0v) is 10.7. The fraction of sp³-hybridized carbons (Fsp3) is 0.455. The molecule has 0 saturated heterocycles. The number of nitrogens with zero attached hydrogens (tertiary/aromatic N) is 1. The fourth-order valence-corrected chi connectivity index (χ4v) is 2.58. The van der Waals surface area contributed by atoms with Crippen LogP contribution >= 0.6 is 0 Å². The van der Waals surface area contributed by atoms with Crippen molar-refractivity contribution in [2.45, 2.75) is 32.1 Å². The molecule has 0 amide bonds. The molecule has 1 unspecified atom stereocenters. The topological polar surface area (TPSA) is 43.1 Å². The van der Waals surface area contributed by atoms with Gasteiger partial charge in [-0.2, -0.15) is 0 Å². The zero-order chi connectivity index (χ0) is 11.6. The Balaban J connectivity index is 2.94.